The molecule has 2 aliphatic rings. The average Bonchev–Trinajstić information content (AvgIpc) is 3.41. The van der Waals surface area contributed by atoms with Crippen LogP contribution in [0.15, 0.2) is 121 Å². The first-order valence-corrected chi connectivity index (χ1v) is 26.3. The van der Waals surface area contributed by atoms with Crippen LogP contribution < -0.4 is 21.6 Å². The Balaban J connectivity index is 0.662. The first-order chi connectivity index (χ1) is 36.5. The van der Waals surface area contributed by atoms with Crippen LogP contribution in [-0.4, -0.2) is 152 Å². The molecule has 1 aromatic heterocycles. The number of piperazine rings is 1. The van der Waals surface area contributed by atoms with Crippen molar-refractivity contribution in [2.75, 3.05) is 111 Å². The van der Waals surface area contributed by atoms with Gasteiger partial charge in [0.25, 0.3) is 0 Å². The number of para-hydroxylation sites is 1. The number of rotatable bonds is 28. The van der Waals surface area contributed by atoms with Crippen molar-refractivity contribution in [2.24, 2.45) is 11.6 Å². The molecule has 0 atom stereocenters. The maximum absolute atomic E-state index is 13.2. The summed E-state index contributed by atoms with van der Waals surface area (Å²) in [6.07, 6.45) is 4.34. The Morgan fingerprint density at radius 2 is 1.31 bits per heavy atom. The van der Waals surface area contributed by atoms with Crippen LogP contribution in [0.1, 0.15) is 74.1 Å². The Hall–Kier alpha value is -6.18. The van der Waals surface area contributed by atoms with E-state index in [1.807, 2.05) is 36.4 Å². The highest BCUT2D eigenvalue weighted by molar-refractivity contribution is 6.31. The van der Waals surface area contributed by atoms with Crippen LogP contribution in [0.25, 0.3) is 10.9 Å². The van der Waals surface area contributed by atoms with Crippen LogP contribution >= 0.6 is 23.2 Å². The Bertz CT molecular complexity index is 2820. The molecule has 0 radical (unpaired) electrons. The number of nitrogens with one attached hydrogen (secondary N) is 1. The second kappa shape index (κ2) is 27.6. The second-order valence-electron chi connectivity index (χ2n) is 18.7. The van der Waals surface area contributed by atoms with Crippen LogP contribution in [0, 0.1) is 0 Å². The number of ketones is 2. The van der Waals surface area contributed by atoms with Gasteiger partial charge in [-0.15, -0.1) is 0 Å². The number of hydrogen-bond acceptors (Lipinski definition) is 16. The van der Waals surface area contributed by atoms with E-state index < -0.39 is 5.78 Å². The van der Waals surface area contributed by atoms with Crippen LogP contribution in [0.3, 0.4) is 0 Å². The Morgan fingerprint density at radius 1 is 0.720 bits per heavy atom. The molecule has 8 rings (SSSR count). The number of phenols is 1. The molecule has 5 aromatic carbocycles. The molecule has 0 saturated carbocycles. The molecule has 6 aromatic rings. The number of phenolic OH excluding ortho intramolecular Hbond substituents is 1. The molecule has 1 aliphatic heterocycles. The molecule has 0 unspecified atom stereocenters. The molecule has 1 aliphatic carbocycles. The van der Waals surface area contributed by atoms with Crippen molar-refractivity contribution in [3.63, 3.8) is 0 Å². The van der Waals surface area contributed by atoms with Gasteiger partial charge >= 0.3 is 0 Å². The van der Waals surface area contributed by atoms with Gasteiger partial charge in [0, 0.05) is 71.2 Å². The number of hydrazine groups is 1. The summed E-state index contributed by atoms with van der Waals surface area (Å²) in [5.41, 5.74) is 11.0. The molecule has 0 amide bonds. The minimum absolute atomic E-state index is 0.0430. The largest absolute Gasteiger partial charge is 0.507 e. The predicted octanol–water partition coefficient (Wildman–Crippen LogP) is 7.94. The molecular formula is C57H67Cl2N9O7. The summed E-state index contributed by atoms with van der Waals surface area (Å²) in [7, 11) is 2.13. The Kier molecular flexibility index (Phi) is 20.2. The van der Waals surface area contributed by atoms with Gasteiger partial charge in [-0.05, 0) is 99.1 Å². The summed E-state index contributed by atoms with van der Waals surface area (Å²) in [6.45, 7) is 9.61. The van der Waals surface area contributed by atoms with Gasteiger partial charge in [-0.25, -0.2) is 15.8 Å². The fourth-order valence-electron chi connectivity index (χ4n) is 9.40. The number of aromatic nitrogens is 2. The first-order valence-electron chi connectivity index (χ1n) is 25.6. The third kappa shape index (κ3) is 15.2. The van der Waals surface area contributed by atoms with E-state index in [-0.39, 0.29) is 58.8 Å². The summed E-state index contributed by atoms with van der Waals surface area (Å²) in [5, 5.41) is 18.0. The van der Waals surface area contributed by atoms with Crippen molar-refractivity contribution >= 4 is 51.5 Å². The number of nitrogens with zero attached hydrogens (tertiary/aromatic N) is 6. The molecule has 2 heterocycles. The van der Waals surface area contributed by atoms with Crippen molar-refractivity contribution in [3.05, 3.63) is 170 Å². The number of allylic oxidation sites excluding steroid dienone is 1. The van der Waals surface area contributed by atoms with Crippen LogP contribution in [0.5, 0.6) is 11.5 Å². The van der Waals surface area contributed by atoms with E-state index in [0.29, 0.717) is 51.8 Å². The number of halogens is 2. The summed E-state index contributed by atoms with van der Waals surface area (Å²) < 4.78 is 22.7. The van der Waals surface area contributed by atoms with Crippen molar-refractivity contribution in [1.29, 1.82) is 0 Å². The van der Waals surface area contributed by atoms with Gasteiger partial charge in [0.1, 0.15) is 29.7 Å². The molecule has 1 fully saturated rings. The molecule has 6 N–H and O–H groups in total. The highest BCUT2D eigenvalue weighted by Gasteiger charge is 2.35. The zero-order valence-corrected chi connectivity index (χ0v) is 44.0. The summed E-state index contributed by atoms with van der Waals surface area (Å²) in [6, 6.07) is 34.0. The molecule has 0 bridgehead atoms. The number of aromatic hydroxyl groups is 1. The molecule has 396 valence electrons. The molecule has 75 heavy (non-hydrogen) atoms. The molecule has 1 saturated heterocycles. The van der Waals surface area contributed by atoms with Gasteiger partial charge in [0.15, 0.2) is 11.6 Å². The Labute approximate surface area is 449 Å². The number of nitrogens with two attached hydrogens (primary N) is 2. The third-order valence-electron chi connectivity index (χ3n) is 13.2. The van der Waals surface area contributed by atoms with E-state index in [9.17, 15) is 14.7 Å². The standard InChI is InChI=1S/C57H67Cl2N9O7/c1-65(24-6-8-44(60)38-68(61)30-31-72-32-33-73-34-35-74-36-37-75-50-22-21-49(69)52-53(50)56(71)46-10-3-2-9-45(46)55(52)70)25-7-23-62-57-47-11-4-5-12-48(47)63-51(64-57)39-66-26-28-67(29-27-66)54(40-13-17-42(58)18-14-40)41-15-19-43(59)20-16-41/h2-5,9-22,38,54,69H,6-8,23-37,39,60-61H2,1H3,(H,62,63,64)/b44-38-. The minimum atomic E-state index is -0.413. The highest BCUT2D eigenvalue weighted by Crippen LogP contribution is 2.38. The quantitative estimate of drug-likeness (QED) is 0.0210. The molecular weight excluding hydrogens is 994 g/mol. The SMILES string of the molecule is CN(CCCNc1nc(CN2CCN(C(c3ccc(Cl)cc3)c3ccc(Cl)cc3)CC2)nc2ccccc12)CCC/C(N)=C/N(N)CCOCCOCCOCCOc1ccc(O)c2c1C(=O)c1ccccc1C2=O. The van der Waals surface area contributed by atoms with Crippen molar-refractivity contribution in [3.8, 4) is 11.5 Å². The van der Waals surface area contributed by atoms with E-state index in [0.717, 1.165) is 97.7 Å². The van der Waals surface area contributed by atoms with Gasteiger partial charge < -0.3 is 45.0 Å². The van der Waals surface area contributed by atoms with Gasteiger partial charge in [0.05, 0.1) is 75.4 Å². The minimum Gasteiger partial charge on any atom is -0.507 e. The van der Waals surface area contributed by atoms with Crippen LogP contribution in [0.2, 0.25) is 10.0 Å². The van der Waals surface area contributed by atoms with Gasteiger partial charge in [-0.2, -0.15) is 0 Å². The number of carbonyl (C=O) groups is 2. The fraction of sp³-hybridized carbons (Fsp3) is 0.368. The van der Waals surface area contributed by atoms with Crippen LogP contribution in [-0.2, 0) is 20.8 Å². The average molecular weight is 1060 g/mol. The van der Waals surface area contributed by atoms with Crippen LogP contribution in [0.4, 0.5) is 5.82 Å². The summed E-state index contributed by atoms with van der Waals surface area (Å²) in [4.78, 5) is 43.5. The van der Waals surface area contributed by atoms with E-state index in [1.165, 1.54) is 23.3 Å². The molecule has 18 heteroatoms. The molecule has 0 spiro atoms. The first kappa shape index (κ1) is 55.1. The Morgan fingerprint density at radius 3 is 1.97 bits per heavy atom. The van der Waals surface area contributed by atoms with E-state index in [1.54, 1.807) is 35.5 Å². The number of benzene rings is 5. The van der Waals surface area contributed by atoms with Crippen molar-refractivity contribution < 1.29 is 33.6 Å². The zero-order valence-electron chi connectivity index (χ0n) is 42.5. The number of fused-ring (bicyclic) bond motifs is 3. The monoisotopic (exact) mass is 1060 g/mol. The lowest BCUT2D eigenvalue weighted by Gasteiger charge is -2.39. The van der Waals surface area contributed by atoms with Crippen molar-refractivity contribution in [2.45, 2.75) is 31.8 Å². The maximum atomic E-state index is 13.2. The van der Waals surface area contributed by atoms with E-state index >= 15 is 0 Å². The lowest BCUT2D eigenvalue weighted by atomic mass is 9.83. The van der Waals surface area contributed by atoms with Gasteiger partial charge in [0.2, 0.25) is 0 Å². The number of hydrogen-bond donors (Lipinski definition) is 4. The predicted molar refractivity (Wildman–Crippen MR) is 294 cm³/mol. The third-order valence-corrected chi connectivity index (χ3v) is 13.7. The van der Waals surface area contributed by atoms with E-state index in [4.69, 9.17) is 63.7 Å². The second-order valence-corrected chi connectivity index (χ2v) is 19.5. The lowest BCUT2D eigenvalue weighted by molar-refractivity contribution is 0.00736. The maximum Gasteiger partial charge on any atom is 0.198 e. The number of carbonyl (C=O) groups excluding carboxylic acids is 2. The fourth-order valence-corrected chi connectivity index (χ4v) is 9.65. The number of ether oxygens (including phenoxy) is 4. The summed E-state index contributed by atoms with van der Waals surface area (Å²) >= 11 is 12.5. The van der Waals surface area contributed by atoms with Crippen molar-refractivity contribution in [1.82, 2.24) is 29.7 Å². The van der Waals surface area contributed by atoms with Gasteiger partial charge in [-0.3, -0.25) is 19.4 Å². The molecule has 16 nitrogen and oxygen atoms in total. The topological polar surface area (TPSA) is 194 Å². The zero-order chi connectivity index (χ0) is 52.5. The lowest BCUT2D eigenvalue weighted by Crippen LogP contribution is -2.47. The van der Waals surface area contributed by atoms with Gasteiger partial charge in [-0.1, -0.05) is 83.9 Å². The number of anilines is 1. The smallest absolute Gasteiger partial charge is 0.198 e. The summed E-state index contributed by atoms with van der Waals surface area (Å²) in [5.74, 6) is 7.04. The normalized spacial score (nSPS) is 14.2. The van der Waals surface area contributed by atoms with E-state index in [2.05, 4.69) is 63.5 Å². The highest BCUT2D eigenvalue weighted by atomic mass is 35.5.